The number of nitrogens with zero attached hydrogens (tertiary/aromatic N) is 1. The van der Waals surface area contributed by atoms with Crippen molar-refractivity contribution in [1.29, 1.82) is 0 Å². The summed E-state index contributed by atoms with van der Waals surface area (Å²) in [5, 5.41) is 9.36. The van der Waals surface area contributed by atoms with Crippen LogP contribution in [0.3, 0.4) is 0 Å². The van der Waals surface area contributed by atoms with E-state index < -0.39 is 10.0 Å². The number of rotatable bonds is 5. The summed E-state index contributed by atoms with van der Waals surface area (Å²) in [5.41, 5.74) is 0. The van der Waals surface area contributed by atoms with Crippen LogP contribution in [-0.4, -0.2) is 24.3 Å². The van der Waals surface area contributed by atoms with Crippen LogP contribution in [0.15, 0.2) is 18.3 Å². The summed E-state index contributed by atoms with van der Waals surface area (Å²) >= 11 is 0. The minimum atomic E-state index is -3.42. The minimum absolute atomic E-state index is 0.0220. The molecular weight excluding hydrogens is 228 g/mol. The molecule has 2 N–H and O–H groups in total. The summed E-state index contributed by atoms with van der Waals surface area (Å²) in [7, 11) is -3.42. The van der Waals surface area contributed by atoms with Crippen molar-refractivity contribution >= 4 is 15.8 Å². The lowest BCUT2D eigenvalue weighted by Crippen LogP contribution is -2.18. The van der Waals surface area contributed by atoms with E-state index in [0.717, 1.165) is 0 Å². The Bertz CT molecular complexity index is 443. The number of hydrogen-bond acceptors (Lipinski definition) is 4. The lowest BCUT2D eigenvalue weighted by atomic mass is 10.2. The van der Waals surface area contributed by atoms with Crippen molar-refractivity contribution in [1.82, 2.24) is 4.98 Å². The first-order valence-electron chi connectivity index (χ1n) is 5.05. The predicted octanol–water partition coefficient (Wildman–Crippen LogP) is 1.57. The van der Waals surface area contributed by atoms with Gasteiger partial charge in [-0.1, -0.05) is 13.8 Å². The third kappa shape index (κ3) is 4.06. The molecule has 0 fully saturated rings. The Hall–Kier alpha value is -1.30. The molecule has 0 aromatic carbocycles. The van der Waals surface area contributed by atoms with E-state index in [2.05, 4.69) is 9.71 Å². The van der Waals surface area contributed by atoms with Gasteiger partial charge in [-0.3, -0.25) is 4.72 Å². The molecule has 0 aliphatic rings. The van der Waals surface area contributed by atoms with Gasteiger partial charge in [0.15, 0.2) is 11.6 Å². The summed E-state index contributed by atoms with van der Waals surface area (Å²) in [4.78, 5) is 3.75. The van der Waals surface area contributed by atoms with Gasteiger partial charge < -0.3 is 5.11 Å². The van der Waals surface area contributed by atoms with E-state index in [0.29, 0.717) is 12.3 Å². The van der Waals surface area contributed by atoms with Crippen molar-refractivity contribution in [2.24, 2.45) is 5.92 Å². The largest absolute Gasteiger partial charge is 0.504 e. The summed E-state index contributed by atoms with van der Waals surface area (Å²) < 4.78 is 25.4. The normalized spacial score (nSPS) is 11.7. The van der Waals surface area contributed by atoms with Crippen LogP contribution in [0.25, 0.3) is 0 Å². The Morgan fingerprint density at radius 3 is 2.75 bits per heavy atom. The fraction of sp³-hybridized carbons (Fsp3) is 0.500. The number of aromatic nitrogens is 1. The summed E-state index contributed by atoms with van der Waals surface area (Å²) in [6.45, 7) is 3.90. The molecule has 0 bridgehead atoms. The van der Waals surface area contributed by atoms with E-state index in [4.69, 9.17) is 0 Å². The van der Waals surface area contributed by atoms with Gasteiger partial charge in [-0.15, -0.1) is 0 Å². The fourth-order valence-electron chi connectivity index (χ4n) is 1.06. The smallest absolute Gasteiger partial charge is 0.233 e. The number of nitrogens with one attached hydrogen (secondary N) is 1. The Morgan fingerprint density at radius 1 is 1.50 bits per heavy atom. The molecule has 0 aliphatic carbocycles. The van der Waals surface area contributed by atoms with Crippen LogP contribution >= 0.6 is 0 Å². The molecule has 0 saturated carbocycles. The van der Waals surface area contributed by atoms with Crippen LogP contribution in [0, 0.1) is 5.92 Å². The first kappa shape index (κ1) is 12.8. The predicted molar refractivity (Wildman–Crippen MR) is 62.8 cm³/mol. The van der Waals surface area contributed by atoms with Gasteiger partial charge in [-0.25, -0.2) is 13.4 Å². The first-order chi connectivity index (χ1) is 7.41. The van der Waals surface area contributed by atoms with Crippen molar-refractivity contribution in [3.63, 3.8) is 0 Å². The molecule has 90 valence electrons. The van der Waals surface area contributed by atoms with Crippen LogP contribution in [0.2, 0.25) is 0 Å². The lowest BCUT2D eigenvalue weighted by molar-refractivity contribution is 0.475. The fourth-order valence-corrected chi connectivity index (χ4v) is 2.40. The minimum Gasteiger partial charge on any atom is -0.504 e. The number of anilines is 1. The second kappa shape index (κ2) is 5.16. The maximum Gasteiger partial charge on any atom is 0.233 e. The topological polar surface area (TPSA) is 79.3 Å². The summed E-state index contributed by atoms with van der Waals surface area (Å²) in [6, 6.07) is 2.91. The molecule has 0 saturated heterocycles. The summed E-state index contributed by atoms with van der Waals surface area (Å²) in [5.74, 6) is 0.150. The highest BCUT2D eigenvalue weighted by Crippen LogP contribution is 2.19. The van der Waals surface area contributed by atoms with Crippen LogP contribution in [0.4, 0.5) is 5.82 Å². The van der Waals surface area contributed by atoms with Gasteiger partial charge in [0.2, 0.25) is 10.0 Å². The zero-order chi connectivity index (χ0) is 12.2. The van der Waals surface area contributed by atoms with Crippen molar-refractivity contribution < 1.29 is 13.5 Å². The molecule has 1 rings (SSSR count). The maximum atomic E-state index is 11.6. The molecule has 1 aromatic heterocycles. The average Bonchev–Trinajstić information content (AvgIpc) is 2.19. The van der Waals surface area contributed by atoms with E-state index in [1.54, 1.807) is 0 Å². The molecule has 0 unspecified atom stereocenters. The van der Waals surface area contributed by atoms with Crippen LogP contribution < -0.4 is 4.72 Å². The quantitative estimate of drug-likeness (QED) is 0.824. The second-order valence-electron chi connectivity index (χ2n) is 3.97. The van der Waals surface area contributed by atoms with E-state index in [-0.39, 0.29) is 17.3 Å². The SMILES string of the molecule is CC(C)CCS(=O)(=O)Nc1ncccc1O. The Labute approximate surface area is 95.6 Å². The Morgan fingerprint density at radius 2 is 2.19 bits per heavy atom. The average molecular weight is 244 g/mol. The highest BCUT2D eigenvalue weighted by atomic mass is 32.2. The van der Waals surface area contributed by atoms with Gasteiger partial charge in [0, 0.05) is 6.20 Å². The van der Waals surface area contributed by atoms with Crippen molar-refractivity contribution in [2.75, 3.05) is 10.5 Å². The molecule has 0 spiro atoms. The van der Waals surface area contributed by atoms with Crippen LogP contribution in [0.1, 0.15) is 20.3 Å². The maximum absolute atomic E-state index is 11.6. The summed E-state index contributed by atoms with van der Waals surface area (Å²) in [6.07, 6.45) is 1.99. The first-order valence-corrected chi connectivity index (χ1v) is 6.70. The molecular formula is C10H16N2O3S. The molecule has 1 aromatic rings. The van der Waals surface area contributed by atoms with Crippen molar-refractivity contribution in [3.05, 3.63) is 18.3 Å². The van der Waals surface area contributed by atoms with Gasteiger partial charge in [0.1, 0.15) is 0 Å². The highest BCUT2D eigenvalue weighted by Gasteiger charge is 2.13. The monoisotopic (exact) mass is 244 g/mol. The Balaban J connectivity index is 2.70. The third-order valence-corrected chi connectivity index (χ3v) is 3.28. The van der Waals surface area contributed by atoms with E-state index in [9.17, 15) is 13.5 Å². The number of sulfonamides is 1. The zero-order valence-electron chi connectivity index (χ0n) is 9.34. The van der Waals surface area contributed by atoms with Gasteiger partial charge in [0.25, 0.3) is 0 Å². The van der Waals surface area contributed by atoms with E-state index in [1.165, 1.54) is 18.3 Å². The van der Waals surface area contributed by atoms with Gasteiger partial charge >= 0.3 is 0 Å². The second-order valence-corrected chi connectivity index (χ2v) is 5.82. The van der Waals surface area contributed by atoms with E-state index in [1.807, 2.05) is 13.8 Å². The zero-order valence-corrected chi connectivity index (χ0v) is 10.2. The van der Waals surface area contributed by atoms with Crippen LogP contribution in [0.5, 0.6) is 5.75 Å². The lowest BCUT2D eigenvalue weighted by Gasteiger charge is -2.09. The molecule has 0 aliphatic heterocycles. The molecule has 16 heavy (non-hydrogen) atoms. The van der Waals surface area contributed by atoms with Crippen molar-refractivity contribution in [3.8, 4) is 5.75 Å². The number of aromatic hydroxyl groups is 1. The molecule has 1 heterocycles. The third-order valence-electron chi connectivity index (χ3n) is 2.00. The molecule has 0 radical (unpaired) electrons. The molecule has 5 nitrogen and oxygen atoms in total. The standard InChI is InChI=1S/C10H16N2O3S/c1-8(2)5-7-16(14,15)12-10-9(13)4-3-6-11-10/h3-4,6,8,13H,5,7H2,1-2H3,(H,11,12). The van der Waals surface area contributed by atoms with Gasteiger partial charge in [-0.05, 0) is 24.5 Å². The van der Waals surface area contributed by atoms with Crippen molar-refractivity contribution in [2.45, 2.75) is 20.3 Å². The molecule has 0 atom stereocenters. The number of hydrogen-bond donors (Lipinski definition) is 2. The molecule has 6 heteroatoms. The Kier molecular flexibility index (Phi) is 4.12. The highest BCUT2D eigenvalue weighted by molar-refractivity contribution is 7.92. The van der Waals surface area contributed by atoms with E-state index >= 15 is 0 Å². The molecule has 0 amide bonds. The van der Waals surface area contributed by atoms with Gasteiger partial charge in [0.05, 0.1) is 5.75 Å². The van der Waals surface area contributed by atoms with Gasteiger partial charge in [-0.2, -0.15) is 0 Å². The number of pyridine rings is 1. The van der Waals surface area contributed by atoms with Crippen LogP contribution in [-0.2, 0) is 10.0 Å².